The van der Waals surface area contributed by atoms with Gasteiger partial charge >= 0.3 is 6.18 Å². The van der Waals surface area contributed by atoms with E-state index < -0.39 is 12.6 Å². The number of rotatable bonds is 4. The number of carbonyl (C=O) groups is 1. The topological polar surface area (TPSA) is 41.1 Å². The molecule has 1 aromatic carbocycles. The van der Waals surface area contributed by atoms with Gasteiger partial charge in [-0.25, -0.2) is 0 Å². The second-order valence-corrected chi connectivity index (χ2v) is 6.67. The van der Waals surface area contributed by atoms with Crippen LogP contribution in [-0.2, 0) is 11.2 Å². The van der Waals surface area contributed by atoms with Crippen molar-refractivity contribution in [2.24, 2.45) is 11.3 Å². The predicted octanol–water partition coefficient (Wildman–Crippen LogP) is 3.51. The molecule has 1 heterocycles. The number of alkyl halides is 3. The number of carbonyl (C=O) groups excluding carboxylic acids is 1. The first-order valence-corrected chi connectivity index (χ1v) is 8.05. The minimum atomic E-state index is -4.16. The Morgan fingerprint density at radius 3 is 2.74 bits per heavy atom. The molecule has 2 fully saturated rings. The zero-order valence-electron chi connectivity index (χ0n) is 12.9. The summed E-state index contributed by atoms with van der Waals surface area (Å²) < 4.78 is 36.9. The maximum absolute atomic E-state index is 12.4. The highest BCUT2D eigenvalue weighted by Crippen LogP contribution is 2.58. The summed E-state index contributed by atoms with van der Waals surface area (Å²) in [6.07, 6.45) is -2.09. The Morgan fingerprint density at radius 1 is 1.30 bits per heavy atom. The van der Waals surface area contributed by atoms with Crippen LogP contribution in [0.3, 0.4) is 0 Å². The molecule has 2 N–H and O–H groups in total. The van der Waals surface area contributed by atoms with Gasteiger partial charge in [0.1, 0.15) is 0 Å². The Labute approximate surface area is 133 Å². The second-order valence-electron chi connectivity index (χ2n) is 6.67. The van der Waals surface area contributed by atoms with Crippen LogP contribution in [0.1, 0.15) is 31.2 Å². The molecule has 1 unspecified atom stereocenters. The Balaban J connectivity index is 1.57. The maximum Gasteiger partial charge on any atom is 0.389 e. The summed E-state index contributed by atoms with van der Waals surface area (Å²) in [6.45, 7) is 1.91. The number of hydrogen-bond acceptors (Lipinski definition) is 2. The molecular formula is C17H21F3N2O. The van der Waals surface area contributed by atoms with E-state index in [-0.39, 0.29) is 23.7 Å². The van der Waals surface area contributed by atoms with E-state index in [0.29, 0.717) is 11.3 Å². The normalized spacial score (nSPS) is 22.8. The van der Waals surface area contributed by atoms with Crippen LogP contribution >= 0.6 is 0 Å². The Hall–Kier alpha value is -1.56. The van der Waals surface area contributed by atoms with Gasteiger partial charge in [0.15, 0.2) is 0 Å². The van der Waals surface area contributed by atoms with Crippen LogP contribution in [0.15, 0.2) is 24.3 Å². The highest BCUT2D eigenvalue weighted by atomic mass is 19.4. The summed E-state index contributed by atoms with van der Waals surface area (Å²) in [4.78, 5) is 12.4. The van der Waals surface area contributed by atoms with E-state index in [2.05, 4.69) is 10.6 Å². The van der Waals surface area contributed by atoms with Gasteiger partial charge in [0.25, 0.3) is 0 Å². The quantitative estimate of drug-likeness (QED) is 0.889. The Bertz CT molecular complexity index is 579. The van der Waals surface area contributed by atoms with Crippen molar-refractivity contribution in [3.05, 3.63) is 29.8 Å². The lowest BCUT2D eigenvalue weighted by atomic mass is 9.92. The van der Waals surface area contributed by atoms with E-state index in [1.165, 1.54) is 0 Å². The molecule has 0 radical (unpaired) electrons. The fraction of sp³-hybridized carbons (Fsp3) is 0.588. The first-order chi connectivity index (χ1) is 10.9. The van der Waals surface area contributed by atoms with E-state index in [4.69, 9.17) is 0 Å². The molecule has 23 heavy (non-hydrogen) atoms. The molecule has 1 spiro atoms. The third kappa shape index (κ3) is 4.05. The van der Waals surface area contributed by atoms with Crippen molar-refractivity contribution < 1.29 is 18.0 Å². The number of amides is 1. The molecule has 126 valence electrons. The molecule has 2 aliphatic rings. The molecule has 3 nitrogen and oxygen atoms in total. The summed E-state index contributed by atoms with van der Waals surface area (Å²) in [5, 5.41) is 6.17. The van der Waals surface area contributed by atoms with Gasteiger partial charge < -0.3 is 10.6 Å². The van der Waals surface area contributed by atoms with Crippen LogP contribution in [0.25, 0.3) is 0 Å². The SMILES string of the molecule is O=C(Nc1cccc(CCC(F)(F)F)c1)C1CC12CCNCC2. The first kappa shape index (κ1) is 16.3. The average Bonchev–Trinajstić information content (AvgIpc) is 3.19. The van der Waals surface area contributed by atoms with Crippen molar-refractivity contribution in [2.45, 2.75) is 38.3 Å². The van der Waals surface area contributed by atoms with Gasteiger partial charge in [0.05, 0.1) is 0 Å². The average molecular weight is 326 g/mol. The summed E-state index contributed by atoms with van der Waals surface area (Å²) in [6, 6.07) is 6.72. The van der Waals surface area contributed by atoms with E-state index in [9.17, 15) is 18.0 Å². The summed E-state index contributed by atoms with van der Waals surface area (Å²) in [5.74, 6) is 0.0447. The van der Waals surface area contributed by atoms with Crippen molar-refractivity contribution in [3.8, 4) is 0 Å². The van der Waals surface area contributed by atoms with Crippen molar-refractivity contribution >= 4 is 11.6 Å². The standard InChI is InChI=1S/C17H21F3N2O/c18-17(19,20)5-4-12-2-1-3-13(10-12)22-15(23)14-11-16(14)6-8-21-9-7-16/h1-3,10,14,21H,4-9,11H2,(H,22,23). The molecule has 6 heteroatoms. The smallest absolute Gasteiger partial charge is 0.326 e. The molecule has 1 amide bonds. The summed E-state index contributed by atoms with van der Waals surface area (Å²) >= 11 is 0. The third-order valence-corrected chi connectivity index (χ3v) is 5.00. The minimum absolute atomic E-state index is 0.000119. The highest BCUT2D eigenvalue weighted by molar-refractivity contribution is 5.95. The summed E-state index contributed by atoms with van der Waals surface area (Å²) in [5.41, 5.74) is 1.33. The number of aryl methyl sites for hydroxylation is 1. The highest BCUT2D eigenvalue weighted by Gasteiger charge is 2.57. The van der Waals surface area contributed by atoms with Crippen molar-refractivity contribution in [1.29, 1.82) is 0 Å². The van der Waals surface area contributed by atoms with Gasteiger partial charge in [-0.15, -0.1) is 0 Å². The molecule has 1 aliphatic carbocycles. The molecule has 1 atom stereocenters. The number of piperidine rings is 1. The lowest BCUT2D eigenvalue weighted by Gasteiger charge is -2.23. The van der Waals surface area contributed by atoms with Crippen LogP contribution in [0.2, 0.25) is 0 Å². The number of hydrogen-bond donors (Lipinski definition) is 2. The van der Waals surface area contributed by atoms with Crippen LogP contribution in [0.5, 0.6) is 0 Å². The Morgan fingerprint density at radius 2 is 2.04 bits per heavy atom. The number of halogens is 3. The van der Waals surface area contributed by atoms with Gasteiger partial charge in [-0.2, -0.15) is 13.2 Å². The van der Waals surface area contributed by atoms with Crippen LogP contribution in [0, 0.1) is 11.3 Å². The largest absolute Gasteiger partial charge is 0.389 e. The van der Waals surface area contributed by atoms with E-state index >= 15 is 0 Å². The molecule has 1 aliphatic heterocycles. The van der Waals surface area contributed by atoms with Crippen LogP contribution < -0.4 is 10.6 Å². The zero-order chi connectivity index (χ0) is 16.5. The second kappa shape index (κ2) is 6.15. The molecule has 1 aromatic rings. The molecule has 0 bridgehead atoms. The van der Waals surface area contributed by atoms with Crippen LogP contribution in [0.4, 0.5) is 18.9 Å². The first-order valence-electron chi connectivity index (χ1n) is 8.05. The van der Waals surface area contributed by atoms with Gasteiger partial charge in [-0.05, 0) is 61.9 Å². The van der Waals surface area contributed by atoms with E-state index in [1.54, 1.807) is 24.3 Å². The number of nitrogens with one attached hydrogen (secondary N) is 2. The minimum Gasteiger partial charge on any atom is -0.326 e. The third-order valence-electron chi connectivity index (χ3n) is 5.00. The van der Waals surface area contributed by atoms with Gasteiger partial charge in [-0.1, -0.05) is 12.1 Å². The molecule has 3 rings (SSSR count). The fourth-order valence-corrected chi connectivity index (χ4v) is 3.52. The van der Waals surface area contributed by atoms with Gasteiger partial charge in [0.2, 0.25) is 5.91 Å². The molecule has 1 saturated carbocycles. The van der Waals surface area contributed by atoms with E-state index in [0.717, 1.165) is 32.4 Å². The van der Waals surface area contributed by atoms with Gasteiger partial charge in [-0.3, -0.25) is 4.79 Å². The Kier molecular flexibility index (Phi) is 4.36. The number of anilines is 1. The van der Waals surface area contributed by atoms with Crippen molar-refractivity contribution in [2.75, 3.05) is 18.4 Å². The molecule has 1 saturated heterocycles. The van der Waals surface area contributed by atoms with E-state index in [1.807, 2.05) is 0 Å². The number of benzene rings is 1. The summed E-state index contributed by atoms with van der Waals surface area (Å²) in [7, 11) is 0. The van der Waals surface area contributed by atoms with Gasteiger partial charge in [0, 0.05) is 18.0 Å². The van der Waals surface area contributed by atoms with Crippen molar-refractivity contribution in [1.82, 2.24) is 5.32 Å². The lowest BCUT2D eigenvalue weighted by molar-refractivity contribution is -0.134. The zero-order valence-corrected chi connectivity index (χ0v) is 12.9. The molecule has 0 aromatic heterocycles. The molecular weight excluding hydrogens is 305 g/mol. The predicted molar refractivity (Wildman–Crippen MR) is 82.1 cm³/mol. The monoisotopic (exact) mass is 326 g/mol. The fourth-order valence-electron chi connectivity index (χ4n) is 3.52. The van der Waals surface area contributed by atoms with Crippen molar-refractivity contribution in [3.63, 3.8) is 0 Å². The van der Waals surface area contributed by atoms with Crippen LogP contribution in [-0.4, -0.2) is 25.2 Å². The maximum atomic E-state index is 12.4. The lowest BCUT2D eigenvalue weighted by Crippen LogP contribution is -2.31.